The summed E-state index contributed by atoms with van der Waals surface area (Å²) in [5, 5.41) is 4.34. The molecule has 1 aromatic carbocycles. The van der Waals surface area contributed by atoms with E-state index in [1.54, 1.807) is 7.11 Å². The van der Waals surface area contributed by atoms with Crippen molar-refractivity contribution in [1.82, 2.24) is 5.32 Å². The zero-order chi connectivity index (χ0) is 13.9. The third-order valence-corrected chi connectivity index (χ3v) is 3.51. The quantitative estimate of drug-likeness (QED) is 0.657. The van der Waals surface area contributed by atoms with Gasteiger partial charge in [0.05, 0.1) is 0 Å². The Morgan fingerprint density at radius 1 is 1.26 bits per heavy atom. The maximum atomic E-state index is 5.92. The number of benzene rings is 1. The van der Waals surface area contributed by atoms with Crippen LogP contribution in [-0.4, -0.2) is 26.8 Å². The molecule has 0 aliphatic heterocycles. The van der Waals surface area contributed by atoms with Crippen LogP contribution in [0.2, 0.25) is 5.02 Å². The van der Waals surface area contributed by atoms with E-state index in [0.29, 0.717) is 5.92 Å². The van der Waals surface area contributed by atoms with Gasteiger partial charge in [0, 0.05) is 18.7 Å². The van der Waals surface area contributed by atoms with Gasteiger partial charge in [-0.3, -0.25) is 0 Å². The number of hydrogen-bond donors (Lipinski definition) is 1. The summed E-state index contributed by atoms with van der Waals surface area (Å²) in [6.45, 7) is 5.23. The summed E-state index contributed by atoms with van der Waals surface area (Å²) in [4.78, 5) is 0. The smallest absolute Gasteiger partial charge is 0.0462 e. The molecule has 0 radical (unpaired) electrons. The Balaban J connectivity index is 2.44. The molecule has 1 aromatic rings. The van der Waals surface area contributed by atoms with Crippen LogP contribution in [0, 0.1) is 5.92 Å². The van der Waals surface area contributed by atoms with E-state index in [0.717, 1.165) is 37.6 Å². The third-order valence-electron chi connectivity index (χ3n) is 3.26. The molecule has 0 saturated carbocycles. The molecule has 0 aromatic heterocycles. The molecular weight excluding hydrogens is 258 g/mol. The van der Waals surface area contributed by atoms with Crippen LogP contribution in [-0.2, 0) is 11.2 Å². The molecule has 0 spiro atoms. The summed E-state index contributed by atoms with van der Waals surface area (Å²) in [7, 11) is 1.77. The van der Waals surface area contributed by atoms with E-state index in [9.17, 15) is 0 Å². The van der Waals surface area contributed by atoms with Crippen LogP contribution < -0.4 is 5.32 Å². The summed E-state index contributed by atoms with van der Waals surface area (Å²) in [5.41, 5.74) is 1.37. The van der Waals surface area contributed by atoms with Crippen molar-refractivity contribution in [1.29, 1.82) is 0 Å². The second-order valence-corrected chi connectivity index (χ2v) is 5.47. The van der Waals surface area contributed by atoms with Gasteiger partial charge in [0.1, 0.15) is 0 Å². The first kappa shape index (κ1) is 16.5. The Bertz CT molecular complexity index is 316. The highest BCUT2D eigenvalue weighted by molar-refractivity contribution is 6.30. The van der Waals surface area contributed by atoms with Crippen LogP contribution in [0.3, 0.4) is 0 Å². The second kappa shape index (κ2) is 10.2. The lowest BCUT2D eigenvalue weighted by Crippen LogP contribution is -2.25. The molecule has 1 rings (SSSR count). The van der Waals surface area contributed by atoms with Crippen LogP contribution in [0.5, 0.6) is 0 Å². The van der Waals surface area contributed by atoms with Crippen molar-refractivity contribution in [2.75, 3.05) is 26.8 Å². The lowest BCUT2D eigenvalue weighted by atomic mass is 9.94. The van der Waals surface area contributed by atoms with Crippen LogP contribution in [0.4, 0.5) is 0 Å². The monoisotopic (exact) mass is 283 g/mol. The molecule has 1 unspecified atom stereocenters. The number of methoxy groups -OCH3 is 1. The summed E-state index contributed by atoms with van der Waals surface area (Å²) in [6.07, 6.45) is 4.62. The van der Waals surface area contributed by atoms with Crippen molar-refractivity contribution < 1.29 is 4.74 Å². The minimum absolute atomic E-state index is 0.669. The van der Waals surface area contributed by atoms with Gasteiger partial charge < -0.3 is 10.1 Å². The maximum absolute atomic E-state index is 5.92. The molecule has 0 saturated heterocycles. The molecule has 0 aliphatic rings. The lowest BCUT2D eigenvalue weighted by Gasteiger charge is -2.17. The Morgan fingerprint density at radius 2 is 2.00 bits per heavy atom. The number of nitrogens with one attached hydrogen (secondary N) is 1. The highest BCUT2D eigenvalue weighted by Crippen LogP contribution is 2.16. The molecule has 0 bridgehead atoms. The zero-order valence-corrected chi connectivity index (χ0v) is 12.9. The van der Waals surface area contributed by atoms with E-state index in [1.807, 2.05) is 12.1 Å². The van der Waals surface area contributed by atoms with Crippen LogP contribution in [0.25, 0.3) is 0 Å². The average molecular weight is 284 g/mol. The van der Waals surface area contributed by atoms with Gasteiger partial charge in [-0.1, -0.05) is 30.7 Å². The van der Waals surface area contributed by atoms with E-state index >= 15 is 0 Å². The first-order chi connectivity index (χ1) is 9.26. The van der Waals surface area contributed by atoms with Gasteiger partial charge in [-0.25, -0.2) is 0 Å². The minimum atomic E-state index is 0.669. The third kappa shape index (κ3) is 7.56. The van der Waals surface area contributed by atoms with Gasteiger partial charge in [-0.2, -0.15) is 0 Å². The molecule has 108 valence electrons. The van der Waals surface area contributed by atoms with Crippen LogP contribution >= 0.6 is 11.6 Å². The van der Waals surface area contributed by atoms with Gasteiger partial charge in [0.2, 0.25) is 0 Å². The number of halogens is 1. The highest BCUT2D eigenvalue weighted by atomic mass is 35.5. The fourth-order valence-electron chi connectivity index (χ4n) is 2.23. The Morgan fingerprint density at radius 3 is 2.63 bits per heavy atom. The van der Waals surface area contributed by atoms with Crippen molar-refractivity contribution in [3.8, 4) is 0 Å². The van der Waals surface area contributed by atoms with E-state index in [-0.39, 0.29) is 0 Å². The highest BCUT2D eigenvalue weighted by Gasteiger charge is 2.09. The predicted octanol–water partition coefficient (Wildman–Crippen LogP) is 3.92. The van der Waals surface area contributed by atoms with Crippen molar-refractivity contribution in [2.24, 2.45) is 5.92 Å². The Labute approximate surface area is 122 Å². The average Bonchev–Trinajstić information content (AvgIpc) is 2.41. The van der Waals surface area contributed by atoms with E-state index in [2.05, 4.69) is 24.4 Å². The normalized spacial score (nSPS) is 12.6. The minimum Gasteiger partial charge on any atom is -0.385 e. The molecule has 19 heavy (non-hydrogen) atoms. The summed E-state index contributed by atoms with van der Waals surface area (Å²) in [5.74, 6) is 0.669. The summed E-state index contributed by atoms with van der Waals surface area (Å²) >= 11 is 5.92. The Kier molecular flexibility index (Phi) is 8.89. The van der Waals surface area contributed by atoms with Gasteiger partial charge in [0.15, 0.2) is 0 Å². The molecule has 0 aliphatic carbocycles. The first-order valence-corrected chi connectivity index (χ1v) is 7.58. The Hall–Kier alpha value is -0.570. The molecule has 1 N–H and O–H groups in total. The van der Waals surface area contributed by atoms with Crippen molar-refractivity contribution in [3.05, 3.63) is 34.9 Å². The molecule has 0 amide bonds. The maximum Gasteiger partial charge on any atom is 0.0462 e. The lowest BCUT2D eigenvalue weighted by molar-refractivity contribution is 0.186. The topological polar surface area (TPSA) is 21.3 Å². The van der Waals surface area contributed by atoms with E-state index < -0.39 is 0 Å². The first-order valence-electron chi connectivity index (χ1n) is 7.20. The number of ether oxygens (including phenoxy) is 1. The number of hydrogen-bond acceptors (Lipinski definition) is 2. The summed E-state index contributed by atoms with van der Waals surface area (Å²) < 4.78 is 5.15. The van der Waals surface area contributed by atoms with Gasteiger partial charge in [-0.15, -0.1) is 0 Å². The molecule has 3 heteroatoms. The zero-order valence-electron chi connectivity index (χ0n) is 12.1. The van der Waals surface area contributed by atoms with E-state index in [4.69, 9.17) is 16.3 Å². The van der Waals surface area contributed by atoms with Gasteiger partial charge >= 0.3 is 0 Å². The predicted molar refractivity (Wildman–Crippen MR) is 82.9 cm³/mol. The van der Waals surface area contributed by atoms with Crippen LogP contribution in [0.15, 0.2) is 24.3 Å². The van der Waals surface area contributed by atoms with Crippen LogP contribution in [0.1, 0.15) is 31.7 Å². The fraction of sp³-hybridized carbons (Fsp3) is 0.625. The largest absolute Gasteiger partial charge is 0.385 e. The van der Waals surface area contributed by atoms with Crippen molar-refractivity contribution in [2.45, 2.75) is 32.6 Å². The standard InChI is InChI=1S/C16H26ClNO/c1-3-10-18-13-15(5-4-11-19-2)12-14-6-8-16(17)9-7-14/h6-9,15,18H,3-5,10-13H2,1-2H3. The molecule has 1 atom stereocenters. The summed E-state index contributed by atoms with van der Waals surface area (Å²) in [6, 6.07) is 8.21. The second-order valence-electron chi connectivity index (χ2n) is 5.04. The van der Waals surface area contributed by atoms with Crippen molar-refractivity contribution >= 4 is 11.6 Å². The van der Waals surface area contributed by atoms with Crippen molar-refractivity contribution in [3.63, 3.8) is 0 Å². The number of rotatable bonds is 10. The molecular formula is C16H26ClNO. The van der Waals surface area contributed by atoms with Gasteiger partial charge in [0.25, 0.3) is 0 Å². The molecule has 0 fully saturated rings. The fourth-order valence-corrected chi connectivity index (χ4v) is 2.36. The van der Waals surface area contributed by atoms with E-state index in [1.165, 1.54) is 18.4 Å². The molecule has 2 nitrogen and oxygen atoms in total. The SMILES string of the molecule is CCCNCC(CCCOC)Cc1ccc(Cl)cc1. The molecule has 0 heterocycles. The van der Waals surface area contributed by atoms with Gasteiger partial charge in [-0.05, 0) is 62.4 Å².